The van der Waals surface area contributed by atoms with Crippen molar-refractivity contribution in [1.29, 1.82) is 0 Å². The van der Waals surface area contributed by atoms with Gasteiger partial charge in [0.1, 0.15) is 18.0 Å². The zero-order chi connectivity index (χ0) is 12.1. The number of hydrogen-bond acceptors (Lipinski definition) is 4. The lowest BCUT2D eigenvalue weighted by atomic mass is 10.4. The van der Waals surface area contributed by atoms with Crippen molar-refractivity contribution in [3.05, 3.63) is 30.4 Å². The molecular formula is C11H18N6. The highest BCUT2D eigenvalue weighted by Crippen LogP contribution is 1.94. The predicted octanol–water partition coefficient (Wildman–Crippen LogP) is 0.152. The van der Waals surface area contributed by atoms with E-state index in [0.717, 1.165) is 37.7 Å². The molecular weight excluding hydrogens is 216 g/mol. The van der Waals surface area contributed by atoms with Gasteiger partial charge in [0.2, 0.25) is 0 Å². The SMILES string of the molecule is Cc1nccn1CCNCCc1nncn1C. The summed E-state index contributed by atoms with van der Waals surface area (Å²) in [5, 5.41) is 11.3. The minimum atomic E-state index is 0.902. The van der Waals surface area contributed by atoms with Gasteiger partial charge in [-0.15, -0.1) is 10.2 Å². The maximum atomic E-state index is 4.18. The van der Waals surface area contributed by atoms with E-state index in [2.05, 4.69) is 25.1 Å². The van der Waals surface area contributed by atoms with E-state index in [1.165, 1.54) is 0 Å². The monoisotopic (exact) mass is 234 g/mol. The van der Waals surface area contributed by atoms with Gasteiger partial charge in [0.05, 0.1) is 0 Å². The highest BCUT2D eigenvalue weighted by Gasteiger charge is 2.00. The molecule has 0 aromatic carbocycles. The molecule has 0 aliphatic heterocycles. The molecule has 0 saturated carbocycles. The van der Waals surface area contributed by atoms with E-state index in [-0.39, 0.29) is 0 Å². The fourth-order valence-corrected chi connectivity index (χ4v) is 1.70. The Morgan fingerprint density at radius 3 is 2.88 bits per heavy atom. The third-order valence-corrected chi connectivity index (χ3v) is 2.78. The van der Waals surface area contributed by atoms with Gasteiger partial charge >= 0.3 is 0 Å². The molecule has 6 heteroatoms. The van der Waals surface area contributed by atoms with Crippen LogP contribution in [-0.4, -0.2) is 37.4 Å². The van der Waals surface area contributed by atoms with E-state index in [9.17, 15) is 0 Å². The zero-order valence-corrected chi connectivity index (χ0v) is 10.3. The van der Waals surface area contributed by atoms with Crippen LogP contribution in [0.4, 0.5) is 0 Å². The molecule has 17 heavy (non-hydrogen) atoms. The summed E-state index contributed by atoms with van der Waals surface area (Å²) in [5.74, 6) is 2.07. The molecule has 6 nitrogen and oxygen atoms in total. The largest absolute Gasteiger partial charge is 0.334 e. The Bertz CT molecular complexity index is 416. The molecule has 0 aliphatic carbocycles. The Morgan fingerprint density at radius 2 is 2.24 bits per heavy atom. The minimum Gasteiger partial charge on any atom is -0.334 e. The van der Waals surface area contributed by atoms with Crippen LogP contribution in [-0.2, 0) is 20.0 Å². The first-order chi connectivity index (χ1) is 8.27. The lowest BCUT2D eigenvalue weighted by molar-refractivity contribution is 0.579. The number of nitrogens with zero attached hydrogens (tertiary/aromatic N) is 5. The fraction of sp³-hybridized carbons (Fsp3) is 0.545. The molecule has 0 saturated heterocycles. The second-order valence-electron chi connectivity index (χ2n) is 4.03. The van der Waals surface area contributed by atoms with Crippen molar-refractivity contribution < 1.29 is 0 Å². The van der Waals surface area contributed by atoms with E-state index < -0.39 is 0 Å². The first-order valence-electron chi connectivity index (χ1n) is 5.78. The van der Waals surface area contributed by atoms with E-state index >= 15 is 0 Å². The molecule has 0 amide bonds. The van der Waals surface area contributed by atoms with Gasteiger partial charge < -0.3 is 14.5 Å². The van der Waals surface area contributed by atoms with Crippen LogP contribution in [0.5, 0.6) is 0 Å². The topological polar surface area (TPSA) is 60.6 Å². The van der Waals surface area contributed by atoms with Gasteiger partial charge in [0.15, 0.2) is 0 Å². The number of rotatable bonds is 6. The molecule has 0 aliphatic rings. The Morgan fingerprint density at radius 1 is 1.35 bits per heavy atom. The van der Waals surface area contributed by atoms with Crippen molar-refractivity contribution >= 4 is 0 Å². The van der Waals surface area contributed by atoms with Crippen molar-refractivity contribution in [2.45, 2.75) is 19.9 Å². The van der Waals surface area contributed by atoms with E-state index in [4.69, 9.17) is 0 Å². The first-order valence-corrected chi connectivity index (χ1v) is 5.78. The van der Waals surface area contributed by atoms with Gasteiger partial charge in [-0.05, 0) is 6.92 Å². The lowest BCUT2D eigenvalue weighted by Crippen LogP contribution is -2.23. The van der Waals surface area contributed by atoms with Gasteiger partial charge in [0.25, 0.3) is 0 Å². The molecule has 0 spiro atoms. The molecule has 2 heterocycles. The Labute approximate surface area is 101 Å². The highest BCUT2D eigenvalue weighted by molar-refractivity contribution is 4.88. The molecule has 0 unspecified atom stereocenters. The lowest BCUT2D eigenvalue weighted by Gasteiger charge is -2.06. The molecule has 2 rings (SSSR count). The second-order valence-corrected chi connectivity index (χ2v) is 4.03. The van der Waals surface area contributed by atoms with Gasteiger partial charge in [0, 0.05) is 45.5 Å². The van der Waals surface area contributed by atoms with Crippen molar-refractivity contribution in [3.63, 3.8) is 0 Å². The van der Waals surface area contributed by atoms with Crippen molar-refractivity contribution in [3.8, 4) is 0 Å². The van der Waals surface area contributed by atoms with E-state index in [0.29, 0.717) is 0 Å². The molecule has 2 aromatic rings. The third-order valence-electron chi connectivity index (χ3n) is 2.78. The van der Waals surface area contributed by atoms with Gasteiger partial charge in [-0.25, -0.2) is 4.98 Å². The van der Waals surface area contributed by atoms with Crippen LogP contribution < -0.4 is 5.32 Å². The second kappa shape index (κ2) is 5.58. The van der Waals surface area contributed by atoms with Gasteiger partial charge in [-0.2, -0.15) is 0 Å². The maximum Gasteiger partial charge on any atom is 0.133 e. The number of nitrogens with one attached hydrogen (secondary N) is 1. The van der Waals surface area contributed by atoms with E-state index in [1.54, 1.807) is 6.33 Å². The van der Waals surface area contributed by atoms with Crippen LogP contribution in [0.2, 0.25) is 0 Å². The van der Waals surface area contributed by atoms with Gasteiger partial charge in [-0.3, -0.25) is 0 Å². The minimum absolute atomic E-state index is 0.902. The average Bonchev–Trinajstić information content (AvgIpc) is 2.89. The van der Waals surface area contributed by atoms with Crippen LogP contribution in [0.1, 0.15) is 11.6 Å². The van der Waals surface area contributed by atoms with Crippen LogP contribution in [0, 0.1) is 6.92 Å². The molecule has 2 aromatic heterocycles. The summed E-state index contributed by atoms with van der Waals surface area (Å²) in [6.45, 7) is 4.82. The summed E-state index contributed by atoms with van der Waals surface area (Å²) in [6, 6.07) is 0. The predicted molar refractivity (Wildman–Crippen MR) is 64.5 cm³/mol. The van der Waals surface area contributed by atoms with Crippen molar-refractivity contribution in [2.75, 3.05) is 13.1 Å². The molecule has 0 radical (unpaired) electrons. The molecule has 0 bridgehead atoms. The Hall–Kier alpha value is -1.69. The smallest absolute Gasteiger partial charge is 0.133 e. The summed E-state index contributed by atoms with van der Waals surface area (Å²) in [6.07, 6.45) is 6.46. The summed E-state index contributed by atoms with van der Waals surface area (Å²) in [7, 11) is 1.96. The zero-order valence-electron chi connectivity index (χ0n) is 10.3. The third kappa shape index (κ3) is 3.13. The summed E-state index contributed by atoms with van der Waals surface area (Å²) in [5.41, 5.74) is 0. The summed E-state index contributed by atoms with van der Waals surface area (Å²) < 4.78 is 4.08. The number of aryl methyl sites for hydroxylation is 2. The van der Waals surface area contributed by atoms with Crippen LogP contribution in [0.3, 0.4) is 0 Å². The Kier molecular flexibility index (Phi) is 3.87. The van der Waals surface area contributed by atoms with Gasteiger partial charge in [-0.1, -0.05) is 0 Å². The summed E-state index contributed by atoms with van der Waals surface area (Å²) in [4.78, 5) is 4.18. The first kappa shape index (κ1) is 11.8. The molecule has 1 N–H and O–H groups in total. The maximum absolute atomic E-state index is 4.18. The summed E-state index contributed by atoms with van der Waals surface area (Å²) >= 11 is 0. The number of hydrogen-bond donors (Lipinski definition) is 1. The van der Waals surface area contributed by atoms with Crippen molar-refractivity contribution in [1.82, 2.24) is 29.6 Å². The quantitative estimate of drug-likeness (QED) is 0.723. The standard InChI is InChI=1S/C11H18N6/c1-10-13-6-8-17(10)7-5-12-4-3-11-15-14-9-16(11)2/h6,8-9,12H,3-5,7H2,1-2H3. The average molecular weight is 234 g/mol. The number of imidazole rings is 1. The fourth-order valence-electron chi connectivity index (χ4n) is 1.70. The van der Waals surface area contributed by atoms with Crippen LogP contribution in [0.25, 0.3) is 0 Å². The number of aromatic nitrogens is 5. The van der Waals surface area contributed by atoms with Crippen LogP contribution in [0.15, 0.2) is 18.7 Å². The Balaban J connectivity index is 1.64. The molecule has 0 fully saturated rings. The highest BCUT2D eigenvalue weighted by atomic mass is 15.2. The van der Waals surface area contributed by atoms with Crippen molar-refractivity contribution in [2.24, 2.45) is 7.05 Å². The molecule has 0 atom stereocenters. The van der Waals surface area contributed by atoms with Crippen LogP contribution >= 0.6 is 0 Å². The molecule has 92 valence electrons. The van der Waals surface area contributed by atoms with E-state index in [1.807, 2.05) is 30.9 Å². The normalized spacial score (nSPS) is 10.9.